The second-order valence-corrected chi connectivity index (χ2v) is 15.4. The number of nitrogens with zero attached hydrogens (tertiary/aromatic N) is 4. The highest BCUT2D eigenvalue weighted by Gasteiger charge is 2.34. The summed E-state index contributed by atoms with van der Waals surface area (Å²) < 4.78 is 38.9. The molecule has 3 aromatic rings. The van der Waals surface area contributed by atoms with Crippen molar-refractivity contribution in [1.82, 2.24) is 19.2 Å². The maximum absolute atomic E-state index is 13.7. The maximum atomic E-state index is 13.7. The van der Waals surface area contributed by atoms with Crippen LogP contribution in [0.3, 0.4) is 0 Å². The third kappa shape index (κ3) is 7.45. The number of rotatable bonds is 10. The van der Waals surface area contributed by atoms with E-state index in [1.807, 2.05) is 6.07 Å². The van der Waals surface area contributed by atoms with Crippen molar-refractivity contribution in [2.75, 3.05) is 38.6 Å². The van der Waals surface area contributed by atoms with Gasteiger partial charge in [0.15, 0.2) is 5.13 Å². The van der Waals surface area contributed by atoms with Gasteiger partial charge in [0.1, 0.15) is 16.5 Å². The lowest BCUT2D eigenvalue weighted by Gasteiger charge is -2.41. The predicted octanol–water partition coefficient (Wildman–Crippen LogP) is 5.31. The third-order valence-electron chi connectivity index (χ3n) is 9.63. The van der Waals surface area contributed by atoms with Crippen molar-refractivity contribution in [2.45, 2.75) is 80.7 Å². The zero-order chi connectivity index (χ0) is 32.3. The molecule has 0 bridgehead atoms. The van der Waals surface area contributed by atoms with Gasteiger partial charge in [0.05, 0.1) is 17.9 Å². The second-order valence-electron chi connectivity index (χ2n) is 12.4. The van der Waals surface area contributed by atoms with E-state index in [4.69, 9.17) is 14.6 Å². The van der Waals surface area contributed by atoms with E-state index in [1.54, 1.807) is 41.7 Å². The lowest BCUT2D eigenvalue weighted by atomic mass is 9.87. The molecule has 1 aliphatic carbocycles. The number of carbonyl (C=O) groups is 2. The standard InChI is InChI=1S/C32H41N5O7S2/c1-43-28-11-10-27-30(34-28)45-31(33-27)35-29(38)26(20-21-4-2-3-5-21)22-6-8-25(9-7-22)46(41,42)37-18-12-23(13-19-37)36-16-14-24(15-17-36)44-32(39)40/h6-11,21,23-24,26H,2-5,12-20H2,1H3,(H,39,40)(H,33,35,38). The molecule has 4 heterocycles. The SMILES string of the molecule is COc1ccc2nc(NC(=O)C(CC3CCCC3)c3ccc(S(=O)(=O)N4CCC(N5CCC(OC(=O)O)CC5)CC4)cc3)sc2n1. The van der Waals surface area contributed by atoms with Crippen molar-refractivity contribution >= 4 is 48.9 Å². The number of anilines is 1. The maximum Gasteiger partial charge on any atom is 0.506 e. The molecule has 0 radical (unpaired) electrons. The summed E-state index contributed by atoms with van der Waals surface area (Å²) in [5.74, 6) is 0.333. The van der Waals surface area contributed by atoms with Gasteiger partial charge in [-0.1, -0.05) is 49.2 Å². The quantitative estimate of drug-likeness (QED) is 0.271. The average molecular weight is 672 g/mol. The zero-order valence-corrected chi connectivity index (χ0v) is 27.6. The van der Waals surface area contributed by atoms with E-state index in [0.29, 0.717) is 59.6 Å². The molecule has 2 aliphatic heterocycles. The molecule has 12 nitrogen and oxygen atoms in total. The first-order valence-corrected chi connectivity index (χ1v) is 18.3. The van der Waals surface area contributed by atoms with Gasteiger partial charge >= 0.3 is 6.16 Å². The van der Waals surface area contributed by atoms with Crippen molar-refractivity contribution in [3.05, 3.63) is 42.0 Å². The van der Waals surface area contributed by atoms with Crippen molar-refractivity contribution in [3.8, 4) is 5.88 Å². The summed E-state index contributed by atoms with van der Waals surface area (Å²) in [5.41, 5.74) is 1.47. The summed E-state index contributed by atoms with van der Waals surface area (Å²) in [7, 11) is -2.13. The number of pyridine rings is 1. The Labute approximate surface area is 273 Å². The highest BCUT2D eigenvalue weighted by Crippen LogP contribution is 2.36. The molecule has 46 heavy (non-hydrogen) atoms. The molecular formula is C32H41N5O7S2. The lowest BCUT2D eigenvalue weighted by molar-refractivity contribution is -0.118. The van der Waals surface area contributed by atoms with E-state index in [1.165, 1.54) is 11.3 Å². The van der Waals surface area contributed by atoms with Gasteiger partial charge in [0, 0.05) is 38.3 Å². The number of hydrogen-bond acceptors (Lipinski definition) is 10. The van der Waals surface area contributed by atoms with E-state index in [-0.39, 0.29) is 22.9 Å². The summed E-state index contributed by atoms with van der Waals surface area (Å²) in [4.78, 5) is 36.7. The van der Waals surface area contributed by atoms with Crippen molar-refractivity contribution in [2.24, 2.45) is 5.92 Å². The number of sulfonamides is 1. The number of fused-ring (bicyclic) bond motifs is 1. The largest absolute Gasteiger partial charge is 0.506 e. The average Bonchev–Trinajstić information content (AvgIpc) is 3.73. The van der Waals surface area contributed by atoms with Crippen LogP contribution in [0.2, 0.25) is 0 Å². The molecular weight excluding hydrogens is 631 g/mol. The fourth-order valence-corrected chi connectivity index (χ4v) is 9.41. The Hall–Kier alpha value is -3.33. The minimum atomic E-state index is -3.69. The van der Waals surface area contributed by atoms with Crippen LogP contribution in [-0.2, 0) is 19.6 Å². The molecule has 14 heteroatoms. The van der Waals surface area contributed by atoms with E-state index in [0.717, 1.165) is 57.2 Å². The highest BCUT2D eigenvalue weighted by atomic mass is 32.2. The van der Waals surface area contributed by atoms with Gasteiger partial charge in [-0.15, -0.1) is 0 Å². The van der Waals surface area contributed by atoms with Crippen molar-refractivity contribution in [3.63, 3.8) is 0 Å². The van der Waals surface area contributed by atoms with Crippen LogP contribution in [0.4, 0.5) is 9.93 Å². The van der Waals surface area contributed by atoms with E-state index >= 15 is 0 Å². The van der Waals surface area contributed by atoms with Crippen LogP contribution in [0.15, 0.2) is 41.3 Å². The molecule has 2 N–H and O–H groups in total. The van der Waals surface area contributed by atoms with Gasteiger partial charge < -0.3 is 24.8 Å². The lowest BCUT2D eigenvalue weighted by Crippen LogP contribution is -2.49. The number of nitrogens with one attached hydrogen (secondary N) is 1. The molecule has 0 spiro atoms. The Kier molecular flexibility index (Phi) is 10.1. The number of carbonyl (C=O) groups excluding carboxylic acids is 1. The summed E-state index contributed by atoms with van der Waals surface area (Å²) in [6, 6.07) is 10.6. The number of carboxylic acid groups (broad SMARTS) is 1. The Bertz CT molecular complexity index is 1630. The molecule has 3 fully saturated rings. The fourth-order valence-electron chi connectivity index (χ4n) is 7.10. The molecule has 248 valence electrons. The number of benzene rings is 1. The van der Waals surface area contributed by atoms with Crippen LogP contribution in [0.25, 0.3) is 10.3 Å². The number of piperidine rings is 2. The molecule has 1 saturated carbocycles. The monoisotopic (exact) mass is 671 g/mol. The zero-order valence-electron chi connectivity index (χ0n) is 26.0. The second kappa shape index (κ2) is 14.2. The van der Waals surface area contributed by atoms with Crippen LogP contribution < -0.4 is 10.1 Å². The smallest absolute Gasteiger partial charge is 0.481 e. The topological polar surface area (TPSA) is 151 Å². The van der Waals surface area contributed by atoms with Crippen LogP contribution in [0.1, 0.15) is 69.3 Å². The van der Waals surface area contributed by atoms with Crippen LogP contribution in [0.5, 0.6) is 5.88 Å². The van der Waals surface area contributed by atoms with E-state index in [2.05, 4.69) is 20.2 Å². The van der Waals surface area contributed by atoms with Gasteiger partial charge in [0.25, 0.3) is 0 Å². The first-order valence-electron chi connectivity index (χ1n) is 16.1. The molecule has 2 aromatic heterocycles. The van der Waals surface area contributed by atoms with E-state index in [9.17, 15) is 18.0 Å². The van der Waals surface area contributed by atoms with Crippen LogP contribution in [0, 0.1) is 5.92 Å². The molecule has 1 amide bonds. The molecule has 3 aliphatic rings. The molecule has 1 unspecified atom stereocenters. The predicted molar refractivity (Wildman–Crippen MR) is 174 cm³/mol. The first-order chi connectivity index (χ1) is 22.2. The minimum Gasteiger partial charge on any atom is -0.481 e. The highest BCUT2D eigenvalue weighted by molar-refractivity contribution is 7.89. The van der Waals surface area contributed by atoms with Crippen LogP contribution >= 0.6 is 11.3 Å². The van der Waals surface area contributed by atoms with E-state index < -0.39 is 22.1 Å². The first kappa shape index (κ1) is 32.6. The van der Waals surface area contributed by atoms with Crippen molar-refractivity contribution < 1.29 is 32.6 Å². The van der Waals surface area contributed by atoms with Gasteiger partial charge in [0.2, 0.25) is 21.8 Å². The summed E-state index contributed by atoms with van der Waals surface area (Å²) >= 11 is 1.29. The Morgan fingerprint density at radius 1 is 0.978 bits per heavy atom. The number of aromatic nitrogens is 2. The number of likely N-dealkylation sites (tertiary alicyclic amines) is 1. The molecule has 2 saturated heterocycles. The summed E-state index contributed by atoms with van der Waals surface area (Å²) in [6.07, 6.45) is 6.45. The normalized spacial score (nSPS) is 20.1. The number of methoxy groups -OCH3 is 1. The molecule has 1 atom stereocenters. The van der Waals surface area contributed by atoms with Gasteiger partial charge in [-0.05, 0) is 61.8 Å². The minimum absolute atomic E-state index is 0.158. The fraction of sp³-hybridized carbons (Fsp3) is 0.562. The number of ether oxygens (including phenoxy) is 2. The van der Waals surface area contributed by atoms with Crippen LogP contribution in [-0.4, -0.2) is 90.2 Å². The van der Waals surface area contributed by atoms with Gasteiger partial charge in [-0.25, -0.2) is 23.2 Å². The summed E-state index contributed by atoms with van der Waals surface area (Å²) in [5, 5.41) is 12.3. The Morgan fingerprint density at radius 2 is 1.67 bits per heavy atom. The third-order valence-corrected chi connectivity index (χ3v) is 12.4. The number of hydrogen-bond donors (Lipinski definition) is 2. The summed E-state index contributed by atoms with van der Waals surface area (Å²) in [6.45, 7) is 2.35. The van der Waals surface area contributed by atoms with Crippen molar-refractivity contribution in [1.29, 1.82) is 0 Å². The number of thiazole rings is 1. The number of amides is 1. The molecule has 1 aromatic carbocycles. The Balaban J connectivity index is 1.10. The van der Waals surface area contributed by atoms with Gasteiger partial charge in [-0.3, -0.25) is 4.79 Å². The molecule has 6 rings (SSSR count). The Morgan fingerprint density at radius 3 is 2.33 bits per heavy atom. The van der Waals surface area contributed by atoms with Gasteiger partial charge in [-0.2, -0.15) is 4.31 Å².